The first kappa shape index (κ1) is 19.8. The molecule has 6 nitrogen and oxygen atoms in total. The predicted molar refractivity (Wildman–Crippen MR) is 91.7 cm³/mol. The third-order valence-electron chi connectivity index (χ3n) is 3.28. The molecule has 0 aliphatic heterocycles. The Hall–Kier alpha value is -2.24. The fourth-order valence-electron chi connectivity index (χ4n) is 2.18. The molecule has 0 aromatic heterocycles. The van der Waals surface area contributed by atoms with Crippen molar-refractivity contribution >= 4 is 11.9 Å². The van der Waals surface area contributed by atoms with E-state index in [0.29, 0.717) is 36.7 Å². The van der Waals surface area contributed by atoms with E-state index in [1.807, 2.05) is 27.7 Å². The highest BCUT2D eigenvalue weighted by Crippen LogP contribution is 2.28. The Labute approximate surface area is 143 Å². The molecular formula is C18H27NO5. The van der Waals surface area contributed by atoms with E-state index in [9.17, 15) is 14.7 Å². The summed E-state index contributed by atoms with van der Waals surface area (Å²) < 4.78 is 11.1. The van der Waals surface area contributed by atoms with Crippen molar-refractivity contribution in [1.29, 1.82) is 0 Å². The van der Waals surface area contributed by atoms with Crippen molar-refractivity contribution < 1.29 is 24.2 Å². The van der Waals surface area contributed by atoms with E-state index in [1.165, 1.54) is 0 Å². The Balaban J connectivity index is 2.92. The molecule has 134 valence electrons. The molecule has 1 amide bonds. The molecule has 2 N–H and O–H groups in total. The third-order valence-corrected chi connectivity index (χ3v) is 3.28. The lowest BCUT2D eigenvalue weighted by atomic mass is 10.0. The number of carbonyl (C=O) groups excluding carboxylic acids is 1. The fourth-order valence-corrected chi connectivity index (χ4v) is 2.18. The standard InChI is InChI=1S/C18H27NO5/c1-5-9-24-15-8-7-13(11-16(15)23-6-2)17(20)19-14(18(21)22)10-12(3)4/h7-8,11-12,14H,5-6,9-10H2,1-4H3,(H,19,20)(H,21,22)/t14-/m1/s1. The maximum Gasteiger partial charge on any atom is 0.326 e. The van der Waals surface area contributed by atoms with Gasteiger partial charge in [-0.15, -0.1) is 0 Å². The molecule has 0 bridgehead atoms. The highest BCUT2D eigenvalue weighted by atomic mass is 16.5. The normalized spacial score (nSPS) is 11.9. The van der Waals surface area contributed by atoms with Gasteiger partial charge in [-0.1, -0.05) is 20.8 Å². The number of carboxylic acid groups (broad SMARTS) is 1. The van der Waals surface area contributed by atoms with Crippen molar-refractivity contribution in [3.63, 3.8) is 0 Å². The van der Waals surface area contributed by atoms with Crippen LogP contribution in [0.1, 0.15) is 50.9 Å². The zero-order valence-corrected chi connectivity index (χ0v) is 14.8. The molecule has 0 saturated carbocycles. The van der Waals surface area contributed by atoms with E-state index in [-0.39, 0.29) is 5.92 Å². The van der Waals surface area contributed by atoms with Gasteiger partial charge in [0.15, 0.2) is 11.5 Å². The second-order valence-corrected chi connectivity index (χ2v) is 5.94. The number of ether oxygens (including phenoxy) is 2. The summed E-state index contributed by atoms with van der Waals surface area (Å²) >= 11 is 0. The molecule has 0 heterocycles. The van der Waals surface area contributed by atoms with Crippen LogP contribution >= 0.6 is 0 Å². The van der Waals surface area contributed by atoms with E-state index < -0.39 is 17.9 Å². The fraction of sp³-hybridized carbons (Fsp3) is 0.556. The summed E-state index contributed by atoms with van der Waals surface area (Å²) in [7, 11) is 0. The molecule has 0 saturated heterocycles. The van der Waals surface area contributed by atoms with Crippen LogP contribution in [-0.4, -0.2) is 36.2 Å². The Morgan fingerprint density at radius 2 is 1.88 bits per heavy atom. The minimum Gasteiger partial charge on any atom is -0.490 e. The van der Waals surface area contributed by atoms with Crippen LogP contribution in [0.5, 0.6) is 11.5 Å². The van der Waals surface area contributed by atoms with E-state index in [2.05, 4.69) is 5.32 Å². The van der Waals surface area contributed by atoms with Crippen LogP contribution in [0.15, 0.2) is 18.2 Å². The Morgan fingerprint density at radius 3 is 2.42 bits per heavy atom. The van der Waals surface area contributed by atoms with Gasteiger partial charge in [-0.05, 0) is 43.9 Å². The van der Waals surface area contributed by atoms with E-state index in [4.69, 9.17) is 9.47 Å². The summed E-state index contributed by atoms with van der Waals surface area (Å²) in [6.45, 7) is 8.67. The summed E-state index contributed by atoms with van der Waals surface area (Å²) in [4.78, 5) is 23.6. The number of carboxylic acids is 1. The summed E-state index contributed by atoms with van der Waals surface area (Å²) in [6.07, 6.45) is 1.24. The zero-order valence-electron chi connectivity index (χ0n) is 14.8. The number of amides is 1. The Kier molecular flexibility index (Phi) is 8.09. The van der Waals surface area contributed by atoms with Crippen LogP contribution < -0.4 is 14.8 Å². The summed E-state index contributed by atoms with van der Waals surface area (Å²) in [6, 6.07) is 3.95. The molecule has 0 aliphatic carbocycles. The van der Waals surface area contributed by atoms with Gasteiger partial charge < -0.3 is 19.9 Å². The molecule has 0 spiro atoms. The van der Waals surface area contributed by atoms with Gasteiger partial charge in [0.25, 0.3) is 5.91 Å². The number of hydrogen-bond donors (Lipinski definition) is 2. The third kappa shape index (κ3) is 6.10. The van der Waals surface area contributed by atoms with E-state index in [1.54, 1.807) is 18.2 Å². The number of hydrogen-bond acceptors (Lipinski definition) is 4. The molecule has 0 aliphatic rings. The Morgan fingerprint density at radius 1 is 1.17 bits per heavy atom. The molecule has 6 heteroatoms. The van der Waals surface area contributed by atoms with E-state index in [0.717, 1.165) is 6.42 Å². The number of benzene rings is 1. The first-order valence-corrected chi connectivity index (χ1v) is 8.32. The first-order chi connectivity index (χ1) is 11.4. The van der Waals surface area contributed by atoms with Crippen LogP contribution in [0.4, 0.5) is 0 Å². The van der Waals surface area contributed by atoms with Gasteiger partial charge in [0.2, 0.25) is 0 Å². The first-order valence-electron chi connectivity index (χ1n) is 8.32. The molecule has 24 heavy (non-hydrogen) atoms. The molecule has 1 rings (SSSR count). The van der Waals surface area contributed by atoms with Crippen LogP contribution in [0.3, 0.4) is 0 Å². The topological polar surface area (TPSA) is 84.9 Å². The quantitative estimate of drug-likeness (QED) is 0.685. The molecule has 0 unspecified atom stereocenters. The number of aliphatic carboxylic acids is 1. The van der Waals surface area contributed by atoms with Crippen LogP contribution in [0.2, 0.25) is 0 Å². The SMILES string of the molecule is CCCOc1ccc(C(=O)N[C@H](CC(C)C)C(=O)O)cc1OCC. The highest BCUT2D eigenvalue weighted by Gasteiger charge is 2.22. The van der Waals surface area contributed by atoms with Gasteiger partial charge in [0.1, 0.15) is 6.04 Å². The maximum absolute atomic E-state index is 12.4. The number of rotatable bonds is 10. The lowest BCUT2D eigenvalue weighted by molar-refractivity contribution is -0.139. The summed E-state index contributed by atoms with van der Waals surface area (Å²) in [5.41, 5.74) is 0.345. The van der Waals surface area contributed by atoms with Crippen molar-refractivity contribution in [2.75, 3.05) is 13.2 Å². The van der Waals surface area contributed by atoms with Crippen molar-refractivity contribution in [2.45, 2.75) is 46.6 Å². The molecular weight excluding hydrogens is 310 g/mol. The minimum absolute atomic E-state index is 0.162. The average Bonchev–Trinajstić information content (AvgIpc) is 2.52. The summed E-state index contributed by atoms with van der Waals surface area (Å²) in [5.74, 6) is -0.257. The van der Waals surface area contributed by atoms with Crippen molar-refractivity contribution in [2.24, 2.45) is 5.92 Å². The largest absolute Gasteiger partial charge is 0.490 e. The molecule has 1 aromatic carbocycles. The maximum atomic E-state index is 12.4. The van der Waals surface area contributed by atoms with Crippen LogP contribution in [0.25, 0.3) is 0 Å². The average molecular weight is 337 g/mol. The van der Waals surface area contributed by atoms with Crippen molar-refractivity contribution in [3.05, 3.63) is 23.8 Å². The second kappa shape index (κ2) is 9.80. The zero-order chi connectivity index (χ0) is 18.1. The van der Waals surface area contributed by atoms with Crippen LogP contribution in [-0.2, 0) is 4.79 Å². The van der Waals surface area contributed by atoms with Crippen molar-refractivity contribution in [3.8, 4) is 11.5 Å². The Bertz CT molecular complexity index is 556. The molecule has 1 atom stereocenters. The van der Waals surface area contributed by atoms with Gasteiger partial charge >= 0.3 is 5.97 Å². The monoisotopic (exact) mass is 337 g/mol. The van der Waals surface area contributed by atoms with Gasteiger partial charge in [-0.25, -0.2) is 4.79 Å². The van der Waals surface area contributed by atoms with Gasteiger partial charge in [-0.3, -0.25) is 4.79 Å². The minimum atomic E-state index is -1.04. The van der Waals surface area contributed by atoms with Gasteiger partial charge in [0.05, 0.1) is 13.2 Å². The number of nitrogens with one attached hydrogen (secondary N) is 1. The molecule has 1 aromatic rings. The highest BCUT2D eigenvalue weighted by molar-refractivity contribution is 5.97. The lowest BCUT2D eigenvalue weighted by Gasteiger charge is -2.17. The van der Waals surface area contributed by atoms with Gasteiger partial charge in [-0.2, -0.15) is 0 Å². The smallest absolute Gasteiger partial charge is 0.326 e. The van der Waals surface area contributed by atoms with E-state index >= 15 is 0 Å². The predicted octanol–water partition coefficient (Wildman–Crippen LogP) is 3.10. The number of carbonyl (C=O) groups is 2. The van der Waals surface area contributed by atoms with Crippen molar-refractivity contribution in [1.82, 2.24) is 5.32 Å². The lowest BCUT2D eigenvalue weighted by Crippen LogP contribution is -2.41. The second-order valence-electron chi connectivity index (χ2n) is 5.94. The van der Waals surface area contributed by atoms with Gasteiger partial charge in [0, 0.05) is 5.56 Å². The molecule has 0 fully saturated rings. The van der Waals surface area contributed by atoms with Crippen LogP contribution in [0, 0.1) is 5.92 Å². The molecule has 0 radical (unpaired) electrons. The summed E-state index contributed by atoms with van der Waals surface area (Å²) in [5, 5.41) is 11.8.